The fourth-order valence-corrected chi connectivity index (χ4v) is 2.99. The second-order valence-electron chi connectivity index (χ2n) is 10.1. The summed E-state index contributed by atoms with van der Waals surface area (Å²) in [7, 11) is 0. The summed E-state index contributed by atoms with van der Waals surface area (Å²) in [6.45, 7) is 16.0. The van der Waals surface area contributed by atoms with E-state index in [9.17, 15) is 9.59 Å². The molecule has 0 amide bonds. The average molecular weight is 421 g/mol. The van der Waals surface area contributed by atoms with Gasteiger partial charge in [0.1, 0.15) is 5.75 Å². The SMILES string of the molecule is CCCOC(=O)c1ccc(OCCCCOC(=O)C(CC(C)(C)C)C(C)(C)C)cc1. The predicted octanol–water partition coefficient (Wildman–Crippen LogP) is 6.05. The molecule has 1 rings (SSSR count). The highest BCUT2D eigenvalue weighted by atomic mass is 16.5. The number of rotatable bonds is 11. The van der Waals surface area contributed by atoms with Crippen LogP contribution in [0.4, 0.5) is 0 Å². The Balaban J connectivity index is 2.33. The van der Waals surface area contributed by atoms with Crippen molar-refractivity contribution in [1.82, 2.24) is 0 Å². The number of unbranched alkanes of at least 4 members (excludes halogenated alkanes) is 1. The standard InChI is InChI=1S/C25H40O5/c1-8-15-29-22(26)19-11-13-20(14-12-19)28-16-9-10-17-30-23(27)21(25(5,6)7)18-24(2,3)4/h11-14,21H,8-10,15-18H2,1-7H3. The van der Waals surface area contributed by atoms with Crippen LogP contribution in [0.15, 0.2) is 24.3 Å². The van der Waals surface area contributed by atoms with Crippen LogP contribution >= 0.6 is 0 Å². The van der Waals surface area contributed by atoms with E-state index in [0.29, 0.717) is 31.1 Å². The van der Waals surface area contributed by atoms with Crippen molar-refractivity contribution in [3.8, 4) is 5.75 Å². The van der Waals surface area contributed by atoms with Crippen molar-refractivity contribution < 1.29 is 23.8 Å². The van der Waals surface area contributed by atoms with Gasteiger partial charge in [0.2, 0.25) is 0 Å². The molecule has 1 atom stereocenters. The van der Waals surface area contributed by atoms with Crippen LogP contribution in [0.2, 0.25) is 0 Å². The normalized spacial score (nSPS) is 12.9. The minimum atomic E-state index is -0.315. The van der Waals surface area contributed by atoms with Gasteiger partial charge in [0.25, 0.3) is 0 Å². The Morgan fingerprint density at radius 2 is 1.47 bits per heavy atom. The van der Waals surface area contributed by atoms with E-state index in [0.717, 1.165) is 25.7 Å². The highest BCUT2D eigenvalue weighted by Gasteiger charge is 2.35. The lowest BCUT2D eigenvalue weighted by Gasteiger charge is -2.33. The Morgan fingerprint density at radius 3 is 2.00 bits per heavy atom. The van der Waals surface area contributed by atoms with Crippen molar-refractivity contribution in [2.75, 3.05) is 19.8 Å². The Morgan fingerprint density at radius 1 is 0.867 bits per heavy atom. The molecule has 0 saturated carbocycles. The van der Waals surface area contributed by atoms with E-state index < -0.39 is 0 Å². The van der Waals surface area contributed by atoms with Gasteiger partial charge in [0.15, 0.2) is 0 Å². The predicted molar refractivity (Wildman–Crippen MR) is 120 cm³/mol. The van der Waals surface area contributed by atoms with Crippen molar-refractivity contribution in [3.63, 3.8) is 0 Å². The fraction of sp³-hybridized carbons (Fsp3) is 0.680. The van der Waals surface area contributed by atoms with Crippen molar-refractivity contribution in [1.29, 1.82) is 0 Å². The van der Waals surface area contributed by atoms with Gasteiger partial charge in [-0.05, 0) is 60.8 Å². The zero-order valence-corrected chi connectivity index (χ0v) is 19.9. The monoisotopic (exact) mass is 420 g/mol. The molecule has 170 valence electrons. The molecule has 0 aliphatic carbocycles. The first-order valence-electron chi connectivity index (χ1n) is 11.0. The van der Waals surface area contributed by atoms with E-state index in [4.69, 9.17) is 14.2 Å². The first-order chi connectivity index (χ1) is 13.9. The van der Waals surface area contributed by atoms with Crippen LogP contribution in [-0.2, 0) is 14.3 Å². The smallest absolute Gasteiger partial charge is 0.338 e. The number of carbonyl (C=O) groups is 2. The third-order valence-corrected chi connectivity index (χ3v) is 4.73. The van der Waals surface area contributed by atoms with Crippen LogP contribution in [0.1, 0.15) is 84.5 Å². The summed E-state index contributed by atoms with van der Waals surface area (Å²) in [5, 5.41) is 0. The van der Waals surface area contributed by atoms with E-state index in [2.05, 4.69) is 41.5 Å². The van der Waals surface area contributed by atoms with Crippen molar-refractivity contribution in [2.45, 2.75) is 74.1 Å². The number of benzene rings is 1. The third-order valence-electron chi connectivity index (χ3n) is 4.73. The number of hydrogen-bond acceptors (Lipinski definition) is 5. The molecular weight excluding hydrogens is 380 g/mol. The Labute approximate surface area is 182 Å². The summed E-state index contributed by atoms with van der Waals surface area (Å²) in [6.07, 6.45) is 3.14. The molecule has 30 heavy (non-hydrogen) atoms. The van der Waals surface area contributed by atoms with Gasteiger partial charge in [-0.1, -0.05) is 48.5 Å². The van der Waals surface area contributed by atoms with Crippen molar-refractivity contribution in [2.24, 2.45) is 16.7 Å². The molecule has 0 bridgehead atoms. The van der Waals surface area contributed by atoms with Gasteiger partial charge >= 0.3 is 11.9 Å². The maximum Gasteiger partial charge on any atom is 0.338 e. The van der Waals surface area contributed by atoms with Crippen LogP contribution in [0.3, 0.4) is 0 Å². The molecule has 5 nitrogen and oxygen atoms in total. The largest absolute Gasteiger partial charge is 0.494 e. The molecule has 0 saturated heterocycles. The van der Waals surface area contributed by atoms with Crippen molar-refractivity contribution >= 4 is 11.9 Å². The Hall–Kier alpha value is -2.04. The molecule has 5 heteroatoms. The minimum absolute atomic E-state index is 0.0765. The minimum Gasteiger partial charge on any atom is -0.494 e. The second-order valence-corrected chi connectivity index (χ2v) is 10.1. The van der Waals surface area contributed by atoms with Gasteiger partial charge in [0, 0.05) is 0 Å². The highest BCUT2D eigenvalue weighted by molar-refractivity contribution is 5.89. The molecule has 0 heterocycles. The lowest BCUT2D eigenvalue weighted by atomic mass is 9.72. The lowest BCUT2D eigenvalue weighted by Crippen LogP contribution is -2.33. The van der Waals surface area contributed by atoms with Gasteiger partial charge in [-0.3, -0.25) is 4.79 Å². The zero-order valence-electron chi connectivity index (χ0n) is 19.9. The molecular formula is C25H40O5. The van der Waals surface area contributed by atoms with Gasteiger partial charge in [-0.15, -0.1) is 0 Å². The number of carbonyl (C=O) groups excluding carboxylic acids is 2. The molecule has 0 fully saturated rings. The fourth-order valence-electron chi connectivity index (χ4n) is 2.99. The molecule has 0 aliphatic rings. The van der Waals surface area contributed by atoms with Crippen LogP contribution < -0.4 is 4.74 Å². The summed E-state index contributed by atoms with van der Waals surface area (Å²) in [4.78, 5) is 24.4. The highest BCUT2D eigenvalue weighted by Crippen LogP contribution is 2.36. The van der Waals surface area contributed by atoms with Crippen LogP contribution in [0, 0.1) is 16.7 Å². The average Bonchev–Trinajstić information content (AvgIpc) is 2.65. The van der Waals surface area contributed by atoms with E-state index in [1.807, 2.05) is 6.92 Å². The van der Waals surface area contributed by atoms with Gasteiger partial charge in [0.05, 0.1) is 31.3 Å². The van der Waals surface area contributed by atoms with Crippen molar-refractivity contribution in [3.05, 3.63) is 29.8 Å². The van der Waals surface area contributed by atoms with Gasteiger partial charge < -0.3 is 14.2 Å². The third kappa shape index (κ3) is 10.1. The van der Waals surface area contributed by atoms with Gasteiger partial charge in [-0.25, -0.2) is 4.79 Å². The Bertz CT molecular complexity index is 650. The van der Waals surface area contributed by atoms with E-state index in [1.165, 1.54) is 0 Å². The van der Waals surface area contributed by atoms with Crippen LogP contribution in [-0.4, -0.2) is 31.8 Å². The molecule has 0 aliphatic heterocycles. The quantitative estimate of drug-likeness (QED) is 0.322. The maximum atomic E-state index is 12.6. The maximum absolute atomic E-state index is 12.6. The van der Waals surface area contributed by atoms with E-state index >= 15 is 0 Å². The Kier molecular flexibility index (Phi) is 10.4. The number of hydrogen-bond donors (Lipinski definition) is 0. The first-order valence-corrected chi connectivity index (χ1v) is 11.0. The summed E-state index contributed by atoms with van der Waals surface area (Å²) >= 11 is 0. The number of esters is 2. The van der Waals surface area contributed by atoms with E-state index in [1.54, 1.807) is 24.3 Å². The summed E-state index contributed by atoms with van der Waals surface area (Å²) < 4.78 is 16.4. The number of ether oxygens (including phenoxy) is 3. The molecule has 1 unspecified atom stereocenters. The van der Waals surface area contributed by atoms with Crippen LogP contribution in [0.5, 0.6) is 5.75 Å². The summed E-state index contributed by atoms with van der Waals surface area (Å²) in [5.74, 6) is 0.169. The molecule has 0 N–H and O–H groups in total. The van der Waals surface area contributed by atoms with Crippen LogP contribution in [0.25, 0.3) is 0 Å². The molecule has 0 radical (unpaired) electrons. The first kappa shape index (κ1) is 26.0. The summed E-state index contributed by atoms with van der Waals surface area (Å²) in [6, 6.07) is 6.94. The molecule has 0 aromatic heterocycles. The lowest BCUT2D eigenvalue weighted by molar-refractivity contribution is -0.154. The molecule has 1 aromatic carbocycles. The topological polar surface area (TPSA) is 61.8 Å². The molecule has 1 aromatic rings. The summed E-state index contributed by atoms with van der Waals surface area (Å²) in [5.41, 5.74) is 0.474. The van der Waals surface area contributed by atoms with Gasteiger partial charge in [-0.2, -0.15) is 0 Å². The molecule has 0 spiro atoms. The zero-order chi connectivity index (χ0) is 22.8. The second kappa shape index (κ2) is 12.0. The van der Waals surface area contributed by atoms with E-state index in [-0.39, 0.29) is 28.7 Å².